The third-order valence-electron chi connectivity index (χ3n) is 3.61. The average Bonchev–Trinajstić information content (AvgIpc) is 2.66. The first-order chi connectivity index (χ1) is 10.2. The maximum atomic E-state index is 12.1. The first-order valence-electron chi connectivity index (χ1n) is 6.75. The van der Waals surface area contributed by atoms with Crippen molar-refractivity contribution in [2.24, 2.45) is 4.99 Å². The van der Waals surface area contributed by atoms with Gasteiger partial charge in [-0.15, -0.1) is 0 Å². The zero-order valence-corrected chi connectivity index (χ0v) is 12.0. The van der Waals surface area contributed by atoms with Gasteiger partial charge in [0.25, 0.3) is 0 Å². The average molecular weight is 280 g/mol. The molecule has 0 N–H and O–H groups in total. The Hall–Kier alpha value is -2.62. The molecule has 3 rings (SSSR count). The van der Waals surface area contributed by atoms with Crippen LogP contribution in [0.2, 0.25) is 0 Å². The van der Waals surface area contributed by atoms with Crippen LogP contribution in [0, 0.1) is 0 Å². The Balaban J connectivity index is 2.22. The summed E-state index contributed by atoms with van der Waals surface area (Å²) in [6.45, 7) is 0.151. The van der Waals surface area contributed by atoms with Crippen LogP contribution in [0.15, 0.2) is 53.5 Å². The second-order valence-electron chi connectivity index (χ2n) is 4.87. The number of likely N-dealkylation sites (N-methyl/N-ethyl adjacent to an activating group) is 1. The Labute approximate surface area is 123 Å². The topological polar surface area (TPSA) is 41.9 Å². The van der Waals surface area contributed by atoms with Crippen molar-refractivity contribution in [3.63, 3.8) is 0 Å². The number of hydrogen-bond acceptors (Lipinski definition) is 3. The Morgan fingerprint density at radius 1 is 1.14 bits per heavy atom. The van der Waals surface area contributed by atoms with Gasteiger partial charge in [-0.1, -0.05) is 30.3 Å². The molecule has 106 valence electrons. The van der Waals surface area contributed by atoms with Crippen LogP contribution in [0.25, 0.3) is 0 Å². The molecule has 0 saturated carbocycles. The Kier molecular flexibility index (Phi) is 3.44. The van der Waals surface area contributed by atoms with Crippen molar-refractivity contribution in [1.29, 1.82) is 0 Å². The second kappa shape index (κ2) is 5.40. The van der Waals surface area contributed by atoms with E-state index < -0.39 is 0 Å². The fourth-order valence-electron chi connectivity index (χ4n) is 2.44. The first kappa shape index (κ1) is 13.4. The summed E-state index contributed by atoms with van der Waals surface area (Å²) in [5.74, 6) is 0.729. The predicted molar refractivity (Wildman–Crippen MR) is 83.4 cm³/mol. The summed E-state index contributed by atoms with van der Waals surface area (Å²) in [7, 11) is 3.41. The highest BCUT2D eigenvalue weighted by Crippen LogP contribution is 2.29. The van der Waals surface area contributed by atoms with E-state index in [2.05, 4.69) is 4.99 Å². The van der Waals surface area contributed by atoms with Crippen LogP contribution in [0.3, 0.4) is 0 Å². The number of amides is 1. The van der Waals surface area contributed by atoms with Crippen LogP contribution in [-0.2, 0) is 4.79 Å². The third kappa shape index (κ3) is 2.40. The lowest BCUT2D eigenvalue weighted by atomic mass is 10.00. The maximum Gasteiger partial charge on any atom is 0.248 e. The second-order valence-corrected chi connectivity index (χ2v) is 4.87. The Bertz CT molecular complexity index is 708. The minimum atomic E-state index is -0.0210. The molecule has 2 aromatic carbocycles. The van der Waals surface area contributed by atoms with E-state index in [4.69, 9.17) is 4.74 Å². The molecule has 4 heteroatoms. The van der Waals surface area contributed by atoms with Gasteiger partial charge in [0.1, 0.15) is 12.3 Å². The van der Waals surface area contributed by atoms with Crippen molar-refractivity contribution in [2.45, 2.75) is 0 Å². The molecule has 2 aromatic rings. The molecule has 1 aliphatic rings. The summed E-state index contributed by atoms with van der Waals surface area (Å²) >= 11 is 0. The van der Waals surface area contributed by atoms with Gasteiger partial charge in [0.2, 0.25) is 5.91 Å². The number of carbonyl (C=O) groups is 1. The largest absolute Gasteiger partial charge is 0.497 e. The van der Waals surface area contributed by atoms with Crippen LogP contribution >= 0.6 is 0 Å². The van der Waals surface area contributed by atoms with Gasteiger partial charge in [-0.3, -0.25) is 9.79 Å². The van der Waals surface area contributed by atoms with Crippen LogP contribution in [-0.4, -0.2) is 32.3 Å². The van der Waals surface area contributed by atoms with Crippen molar-refractivity contribution < 1.29 is 9.53 Å². The molecule has 0 aliphatic carbocycles. The summed E-state index contributed by atoms with van der Waals surface area (Å²) in [6, 6.07) is 15.6. The highest BCUT2D eigenvalue weighted by molar-refractivity contribution is 6.19. The zero-order valence-electron chi connectivity index (χ0n) is 12.0. The van der Waals surface area contributed by atoms with Crippen molar-refractivity contribution in [3.8, 4) is 5.75 Å². The smallest absolute Gasteiger partial charge is 0.248 e. The van der Waals surface area contributed by atoms with E-state index >= 15 is 0 Å². The van der Waals surface area contributed by atoms with Gasteiger partial charge in [0.05, 0.1) is 18.5 Å². The number of carbonyl (C=O) groups excluding carboxylic acids is 1. The van der Waals surface area contributed by atoms with Crippen molar-refractivity contribution in [1.82, 2.24) is 0 Å². The summed E-state index contributed by atoms with van der Waals surface area (Å²) < 4.78 is 5.31. The number of hydrogen-bond donors (Lipinski definition) is 0. The quantitative estimate of drug-likeness (QED) is 0.848. The lowest BCUT2D eigenvalue weighted by Gasteiger charge is -2.18. The number of fused-ring (bicyclic) bond motifs is 1. The number of rotatable bonds is 2. The fraction of sp³-hybridized carbons (Fsp3) is 0.176. The number of anilines is 1. The Morgan fingerprint density at radius 3 is 2.62 bits per heavy atom. The lowest BCUT2D eigenvalue weighted by molar-refractivity contribution is -0.116. The van der Waals surface area contributed by atoms with E-state index in [1.807, 2.05) is 48.5 Å². The molecule has 21 heavy (non-hydrogen) atoms. The molecule has 0 atom stereocenters. The van der Waals surface area contributed by atoms with Gasteiger partial charge in [-0.25, -0.2) is 0 Å². The molecule has 0 fully saturated rings. The minimum absolute atomic E-state index is 0.0210. The van der Waals surface area contributed by atoms with Gasteiger partial charge in [-0.2, -0.15) is 0 Å². The monoisotopic (exact) mass is 280 g/mol. The number of methoxy groups -OCH3 is 1. The van der Waals surface area contributed by atoms with Crippen molar-refractivity contribution >= 4 is 17.3 Å². The predicted octanol–water partition coefficient (Wildman–Crippen LogP) is 2.51. The van der Waals surface area contributed by atoms with Crippen LogP contribution in [0.4, 0.5) is 5.69 Å². The molecule has 0 unspecified atom stereocenters. The lowest BCUT2D eigenvalue weighted by Crippen LogP contribution is -2.27. The Morgan fingerprint density at radius 2 is 1.90 bits per heavy atom. The number of nitrogens with zero attached hydrogens (tertiary/aromatic N) is 2. The summed E-state index contributed by atoms with van der Waals surface area (Å²) in [6.07, 6.45) is 0. The third-order valence-corrected chi connectivity index (χ3v) is 3.61. The van der Waals surface area contributed by atoms with E-state index in [-0.39, 0.29) is 12.5 Å². The summed E-state index contributed by atoms with van der Waals surface area (Å²) in [4.78, 5) is 18.3. The molecule has 0 radical (unpaired) electrons. The fourth-order valence-corrected chi connectivity index (χ4v) is 2.44. The van der Waals surface area contributed by atoms with Crippen LogP contribution in [0.1, 0.15) is 11.1 Å². The number of ether oxygens (including phenoxy) is 1. The number of aliphatic imine (C=N–C) groups is 1. The normalized spacial score (nSPS) is 14.3. The van der Waals surface area contributed by atoms with E-state index in [1.165, 1.54) is 0 Å². The maximum absolute atomic E-state index is 12.1. The van der Waals surface area contributed by atoms with E-state index in [0.717, 1.165) is 28.3 Å². The highest BCUT2D eigenvalue weighted by Gasteiger charge is 2.22. The van der Waals surface area contributed by atoms with Gasteiger partial charge < -0.3 is 9.64 Å². The summed E-state index contributed by atoms with van der Waals surface area (Å²) in [5.41, 5.74) is 3.58. The van der Waals surface area contributed by atoms with Gasteiger partial charge in [-0.05, 0) is 18.2 Å². The molecule has 1 aliphatic heterocycles. The molecule has 1 heterocycles. The van der Waals surface area contributed by atoms with Crippen molar-refractivity contribution in [3.05, 3.63) is 59.7 Å². The van der Waals surface area contributed by atoms with Gasteiger partial charge >= 0.3 is 0 Å². The van der Waals surface area contributed by atoms with E-state index in [9.17, 15) is 4.79 Å². The van der Waals surface area contributed by atoms with Gasteiger partial charge in [0, 0.05) is 18.2 Å². The standard InChI is InChI=1S/C17H16N2O2/c1-19-15-9-8-13(21-2)10-14(15)17(18-11-16(19)20)12-6-4-3-5-7-12/h3-10H,11H2,1-2H3. The van der Waals surface area contributed by atoms with Crippen molar-refractivity contribution in [2.75, 3.05) is 25.6 Å². The number of benzodiazepines with no additional fused rings is 1. The first-order valence-corrected chi connectivity index (χ1v) is 6.75. The molecule has 0 saturated heterocycles. The molecule has 0 bridgehead atoms. The molecule has 1 amide bonds. The molecule has 4 nitrogen and oxygen atoms in total. The molecular weight excluding hydrogens is 264 g/mol. The summed E-state index contributed by atoms with van der Waals surface area (Å²) in [5, 5.41) is 0. The zero-order chi connectivity index (χ0) is 14.8. The minimum Gasteiger partial charge on any atom is -0.497 e. The highest BCUT2D eigenvalue weighted by atomic mass is 16.5. The van der Waals surface area contributed by atoms with Gasteiger partial charge in [0.15, 0.2) is 0 Å². The number of benzene rings is 2. The molecular formula is C17H16N2O2. The van der Waals surface area contributed by atoms with E-state index in [0.29, 0.717) is 0 Å². The van der Waals surface area contributed by atoms with Crippen LogP contribution < -0.4 is 9.64 Å². The molecule has 0 spiro atoms. The van der Waals surface area contributed by atoms with E-state index in [1.54, 1.807) is 19.1 Å². The SMILES string of the molecule is COc1ccc2c(c1)C(c1ccccc1)=NCC(=O)N2C. The molecule has 0 aromatic heterocycles. The van der Waals surface area contributed by atoms with Crippen LogP contribution in [0.5, 0.6) is 5.75 Å².